The number of sulfone groups is 1. The highest BCUT2D eigenvalue weighted by Crippen LogP contribution is 2.31. The Morgan fingerprint density at radius 1 is 1.16 bits per heavy atom. The zero-order chi connectivity index (χ0) is 22.6. The molecule has 0 aliphatic carbocycles. The number of hydroxylamine groups is 2. The van der Waals surface area contributed by atoms with E-state index in [1.165, 1.54) is 25.1 Å². The fourth-order valence-electron chi connectivity index (χ4n) is 2.75. The second kappa shape index (κ2) is 9.66. The van der Waals surface area contributed by atoms with E-state index in [1.54, 1.807) is 28.9 Å². The van der Waals surface area contributed by atoms with Crippen molar-refractivity contribution in [1.82, 2.24) is 14.8 Å². The topological polar surface area (TPSA) is 75.4 Å². The maximum atomic E-state index is 11.8. The highest BCUT2D eigenvalue weighted by atomic mass is 32.2. The van der Waals surface area contributed by atoms with Crippen LogP contribution in [0.5, 0.6) is 0 Å². The minimum absolute atomic E-state index is 0.149. The zero-order valence-corrected chi connectivity index (χ0v) is 19.6. The quantitative estimate of drug-likeness (QED) is 0.348. The Morgan fingerprint density at radius 2 is 1.81 bits per heavy atom. The summed E-state index contributed by atoms with van der Waals surface area (Å²) >= 11 is 6.35. The van der Waals surface area contributed by atoms with E-state index < -0.39 is 9.84 Å². The van der Waals surface area contributed by atoms with Crippen LogP contribution < -0.4 is 0 Å². The summed E-state index contributed by atoms with van der Waals surface area (Å²) in [6.45, 7) is 1.89. The fraction of sp³-hybridized carbons (Fsp3) is 0.182. The lowest BCUT2D eigenvalue weighted by atomic mass is 10.0. The Hall–Kier alpha value is -2.64. The van der Waals surface area contributed by atoms with Gasteiger partial charge in [0.25, 0.3) is 0 Å². The van der Waals surface area contributed by atoms with Crippen molar-refractivity contribution in [2.75, 3.05) is 13.3 Å². The molecule has 1 atom stereocenters. The number of rotatable bonds is 4. The molecule has 0 saturated heterocycles. The van der Waals surface area contributed by atoms with Crippen molar-refractivity contribution < 1.29 is 13.6 Å². The van der Waals surface area contributed by atoms with Crippen molar-refractivity contribution in [1.29, 1.82) is 0 Å². The summed E-state index contributed by atoms with van der Waals surface area (Å²) in [7, 11) is -1.80. The van der Waals surface area contributed by atoms with E-state index in [4.69, 9.17) is 12.2 Å². The van der Waals surface area contributed by atoms with Gasteiger partial charge in [-0.15, -0.1) is 0 Å². The number of hydrogen-bond acceptors (Lipinski definition) is 6. The highest BCUT2D eigenvalue weighted by Gasteiger charge is 2.14. The Kier molecular flexibility index (Phi) is 7.18. The van der Waals surface area contributed by atoms with Gasteiger partial charge in [-0.1, -0.05) is 72.4 Å². The Balaban J connectivity index is 1.99. The van der Waals surface area contributed by atoms with E-state index in [2.05, 4.69) is 17.1 Å². The van der Waals surface area contributed by atoms with Gasteiger partial charge in [-0.05, 0) is 24.6 Å². The normalized spacial score (nSPS) is 12.0. The zero-order valence-electron chi connectivity index (χ0n) is 17.2. The van der Waals surface area contributed by atoms with Gasteiger partial charge in [0.15, 0.2) is 14.2 Å². The van der Waals surface area contributed by atoms with E-state index >= 15 is 0 Å². The summed E-state index contributed by atoms with van der Waals surface area (Å²) < 4.78 is 25.4. The predicted octanol–water partition coefficient (Wildman–Crippen LogP) is 4.16. The van der Waals surface area contributed by atoms with Crippen molar-refractivity contribution >= 4 is 38.1 Å². The molecule has 0 fully saturated rings. The smallest absolute Gasteiger partial charge is 0.175 e. The minimum atomic E-state index is -3.27. The largest absolute Gasteiger partial charge is 0.287 e. The molecular weight excluding hydrogens is 450 g/mol. The number of hydrogen-bond donors (Lipinski definition) is 1. The van der Waals surface area contributed by atoms with E-state index in [-0.39, 0.29) is 10.1 Å². The molecule has 0 aliphatic heterocycles. The van der Waals surface area contributed by atoms with Crippen LogP contribution in [-0.2, 0) is 9.84 Å². The standard InChI is InChI=1S/C22H21N3O3S3/c1-16(30-22(29)24(2)26)13-14-25-15-20(21(23-25)18-7-5-4-6-8-18)17-9-11-19(12-10-17)31(3,27)28/h4-12,15-16,26H,1-3H3. The first-order valence-corrected chi connectivity index (χ1v) is 12.4. The van der Waals surface area contributed by atoms with Crippen LogP contribution in [0, 0.1) is 12.0 Å². The summed E-state index contributed by atoms with van der Waals surface area (Å²) in [6.07, 6.45) is 3.00. The van der Waals surface area contributed by atoms with Crippen LogP contribution in [0.25, 0.3) is 22.4 Å². The molecule has 1 heterocycles. The third-order valence-corrected chi connectivity index (χ3v) is 6.90. The van der Waals surface area contributed by atoms with Gasteiger partial charge >= 0.3 is 0 Å². The molecule has 0 bridgehead atoms. The molecule has 0 amide bonds. The van der Waals surface area contributed by atoms with E-state index in [9.17, 15) is 13.6 Å². The van der Waals surface area contributed by atoms with Crippen molar-refractivity contribution in [2.45, 2.75) is 17.1 Å². The number of thiocarbonyl (C=S) groups is 1. The molecule has 160 valence electrons. The molecule has 3 rings (SSSR count). The molecule has 0 saturated carbocycles. The van der Waals surface area contributed by atoms with E-state index in [1.807, 2.05) is 43.5 Å². The summed E-state index contributed by atoms with van der Waals surface area (Å²) in [6, 6.07) is 19.4. The Bertz CT molecular complexity index is 1240. The summed E-state index contributed by atoms with van der Waals surface area (Å²) in [5.74, 6) is 3.07. The lowest BCUT2D eigenvalue weighted by molar-refractivity contribution is 0.0205. The van der Waals surface area contributed by atoms with Crippen LogP contribution in [0.15, 0.2) is 65.7 Å². The van der Waals surface area contributed by atoms with Crippen LogP contribution in [0.3, 0.4) is 0 Å². The molecule has 6 nitrogen and oxygen atoms in total. The minimum Gasteiger partial charge on any atom is -0.287 e. The van der Waals surface area contributed by atoms with Gasteiger partial charge in [0.1, 0.15) is 5.69 Å². The number of aromatic nitrogens is 2. The Morgan fingerprint density at radius 3 is 2.39 bits per heavy atom. The van der Waals surface area contributed by atoms with E-state index in [0.29, 0.717) is 4.32 Å². The van der Waals surface area contributed by atoms with Crippen LogP contribution in [0.1, 0.15) is 6.92 Å². The molecule has 31 heavy (non-hydrogen) atoms. The monoisotopic (exact) mass is 471 g/mol. The van der Waals surface area contributed by atoms with Crippen molar-refractivity contribution in [3.63, 3.8) is 0 Å². The molecule has 1 unspecified atom stereocenters. The van der Waals surface area contributed by atoms with Gasteiger partial charge in [-0.3, -0.25) is 5.21 Å². The van der Waals surface area contributed by atoms with Crippen LogP contribution in [0.4, 0.5) is 0 Å². The Labute approximate surface area is 191 Å². The van der Waals surface area contributed by atoms with Crippen molar-refractivity contribution in [3.05, 3.63) is 60.8 Å². The van der Waals surface area contributed by atoms with Crippen LogP contribution in [0.2, 0.25) is 0 Å². The second-order valence-corrected chi connectivity index (χ2v) is 10.8. The predicted molar refractivity (Wildman–Crippen MR) is 129 cm³/mol. The van der Waals surface area contributed by atoms with Crippen molar-refractivity contribution in [2.24, 2.45) is 0 Å². The molecule has 0 radical (unpaired) electrons. The first kappa shape index (κ1) is 23.0. The number of benzene rings is 2. The summed E-state index contributed by atoms with van der Waals surface area (Å²) in [5, 5.41) is 14.8. The molecule has 2 aromatic carbocycles. The van der Waals surface area contributed by atoms with Gasteiger partial charge in [-0.2, -0.15) is 9.78 Å². The molecule has 1 aromatic heterocycles. The average Bonchev–Trinajstić information content (AvgIpc) is 3.16. The first-order valence-electron chi connectivity index (χ1n) is 9.25. The first-order chi connectivity index (χ1) is 14.6. The molecular formula is C22H21N3O3S3. The van der Waals surface area contributed by atoms with Crippen molar-refractivity contribution in [3.8, 4) is 34.3 Å². The number of nitrogens with zero attached hydrogens (tertiary/aromatic N) is 3. The third-order valence-electron chi connectivity index (χ3n) is 4.28. The molecule has 0 aliphatic rings. The second-order valence-electron chi connectivity index (χ2n) is 6.80. The SMILES string of the molecule is CC(C#Cn1cc(-c2ccc(S(C)(=O)=O)cc2)c(-c2ccccc2)n1)SC(=S)N(C)O. The number of thioether (sulfide) groups is 1. The highest BCUT2D eigenvalue weighted by molar-refractivity contribution is 8.23. The molecule has 1 N–H and O–H groups in total. The third kappa shape index (κ3) is 5.95. The van der Waals surface area contributed by atoms with E-state index in [0.717, 1.165) is 27.4 Å². The molecule has 3 aromatic rings. The summed E-state index contributed by atoms with van der Waals surface area (Å²) in [4.78, 5) is 0.264. The van der Waals surface area contributed by atoms with Crippen LogP contribution in [-0.4, -0.2) is 51.3 Å². The van der Waals surface area contributed by atoms with Gasteiger partial charge in [0.05, 0.1) is 10.1 Å². The lowest BCUT2D eigenvalue weighted by Gasteiger charge is -2.11. The fourth-order valence-corrected chi connectivity index (χ4v) is 4.38. The van der Waals surface area contributed by atoms with Gasteiger partial charge in [0, 0.05) is 36.7 Å². The lowest BCUT2D eigenvalue weighted by Crippen LogP contribution is -2.19. The van der Waals surface area contributed by atoms with Gasteiger partial charge in [-0.25, -0.2) is 13.5 Å². The van der Waals surface area contributed by atoms with Gasteiger partial charge in [0.2, 0.25) is 0 Å². The maximum Gasteiger partial charge on any atom is 0.175 e. The molecule has 9 heteroatoms. The summed E-state index contributed by atoms with van der Waals surface area (Å²) in [5.41, 5.74) is 3.35. The van der Waals surface area contributed by atoms with Gasteiger partial charge < -0.3 is 0 Å². The average molecular weight is 472 g/mol. The van der Waals surface area contributed by atoms with Crippen LogP contribution >= 0.6 is 24.0 Å². The molecule has 0 spiro atoms. The maximum absolute atomic E-state index is 11.8.